The van der Waals surface area contributed by atoms with E-state index in [0.29, 0.717) is 16.2 Å². The SMILES string of the molecule is O=c1oc(-c2ccc(Cl)cc2)cc2cccc(O)c12. The van der Waals surface area contributed by atoms with E-state index >= 15 is 0 Å². The highest BCUT2D eigenvalue weighted by atomic mass is 35.5. The maximum absolute atomic E-state index is 11.9. The maximum Gasteiger partial charge on any atom is 0.347 e. The lowest BCUT2D eigenvalue weighted by Crippen LogP contribution is -2.00. The fourth-order valence-electron chi connectivity index (χ4n) is 1.98. The zero-order valence-corrected chi connectivity index (χ0v) is 10.5. The monoisotopic (exact) mass is 272 g/mol. The summed E-state index contributed by atoms with van der Waals surface area (Å²) in [5.74, 6) is 0.369. The minimum absolute atomic E-state index is 0.0751. The number of aromatic hydroxyl groups is 1. The Balaban J connectivity index is 2.27. The minimum atomic E-state index is -0.555. The smallest absolute Gasteiger partial charge is 0.347 e. The molecule has 4 heteroatoms. The number of phenols is 1. The summed E-state index contributed by atoms with van der Waals surface area (Å²) in [4.78, 5) is 11.9. The van der Waals surface area contributed by atoms with E-state index in [9.17, 15) is 9.90 Å². The summed E-state index contributed by atoms with van der Waals surface area (Å²) in [6.07, 6.45) is 0. The third-order valence-corrected chi connectivity index (χ3v) is 3.15. The summed E-state index contributed by atoms with van der Waals surface area (Å²) in [5.41, 5.74) is 0.201. The highest BCUT2D eigenvalue weighted by molar-refractivity contribution is 6.30. The van der Waals surface area contributed by atoms with Crippen LogP contribution in [0, 0.1) is 0 Å². The van der Waals surface area contributed by atoms with E-state index < -0.39 is 5.63 Å². The van der Waals surface area contributed by atoms with E-state index in [1.807, 2.05) is 0 Å². The maximum atomic E-state index is 11.9. The lowest BCUT2D eigenvalue weighted by molar-refractivity contribution is 0.475. The predicted octanol–water partition coefficient (Wildman–Crippen LogP) is 3.82. The van der Waals surface area contributed by atoms with Crippen molar-refractivity contribution in [3.8, 4) is 17.1 Å². The van der Waals surface area contributed by atoms with Crippen molar-refractivity contribution in [3.05, 3.63) is 64.0 Å². The number of benzene rings is 2. The molecule has 0 saturated heterocycles. The van der Waals surface area contributed by atoms with Crippen molar-refractivity contribution < 1.29 is 9.52 Å². The Morgan fingerprint density at radius 1 is 1.05 bits per heavy atom. The van der Waals surface area contributed by atoms with Crippen molar-refractivity contribution in [2.24, 2.45) is 0 Å². The third kappa shape index (κ3) is 2.09. The molecule has 0 amide bonds. The number of hydrogen-bond acceptors (Lipinski definition) is 3. The topological polar surface area (TPSA) is 50.4 Å². The van der Waals surface area contributed by atoms with Crippen LogP contribution in [0.1, 0.15) is 0 Å². The van der Waals surface area contributed by atoms with Crippen LogP contribution in [0.2, 0.25) is 5.02 Å². The molecule has 0 aliphatic heterocycles. The Morgan fingerprint density at radius 2 is 1.79 bits per heavy atom. The van der Waals surface area contributed by atoms with Crippen molar-refractivity contribution in [2.75, 3.05) is 0 Å². The zero-order valence-electron chi connectivity index (χ0n) is 9.76. The van der Waals surface area contributed by atoms with Gasteiger partial charge in [0, 0.05) is 10.6 Å². The van der Waals surface area contributed by atoms with Gasteiger partial charge >= 0.3 is 5.63 Å². The van der Waals surface area contributed by atoms with Crippen molar-refractivity contribution in [1.82, 2.24) is 0 Å². The molecule has 0 aliphatic carbocycles. The number of fused-ring (bicyclic) bond motifs is 1. The summed E-state index contributed by atoms with van der Waals surface area (Å²) in [6.45, 7) is 0. The fraction of sp³-hybridized carbons (Fsp3) is 0. The van der Waals surface area contributed by atoms with Gasteiger partial charge in [-0.1, -0.05) is 23.7 Å². The fourth-order valence-corrected chi connectivity index (χ4v) is 2.10. The first kappa shape index (κ1) is 11.8. The molecule has 0 radical (unpaired) electrons. The Bertz CT molecular complexity index is 804. The number of rotatable bonds is 1. The quantitative estimate of drug-likeness (QED) is 0.733. The average Bonchev–Trinajstić information content (AvgIpc) is 2.39. The van der Waals surface area contributed by atoms with Crippen LogP contribution in [-0.2, 0) is 0 Å². The minimum Gasteiger partial charge on any atom is -0.507 e. The van der Waals surface area contributed by atoms with Crippen LogP contribution in [0.4, 0.5) is 0 Å². The van der Waals surface area contributed by atoms with Crippen LogP contribution in [0.25, 0.3) is 22.1 Å². The van der Waals surface area contributed by atoms with Gasteiger partial charge in [0.2, 0.25) is 0 Å². The molecular weight excluding hydrogens is 264 g/mol. The molecule has 0 spiro atoms. The second kappa shape index (κ2) is 4.44. The molecule has 0 unspecified atom stereocenters. The molecule has 0 fully saturated rings. The first-order chi connectivity index (χ1) is 9.15. The van der Waals surface area contributed by atoms with E-state index in [0.717, 1.165) is 5.56 Å². The first-order valence-electron chi connectivity index (χ1n) is 5.67. The van der Waals surface area contributed by atoms with Crippen molar-refractivity contribution in [3.63, 3.8) is 0 Å². The summed E-state index contributed by atoms with van der Waals surface area (Å²) in [5, 5.41) is 11.1. The number of halogens is 1. The van der Waals surface area contributed by atoms with Gasteiger partial charge in [0.15, 0.2) is 0 Å². The second-order valence-corrected chi connectivity index (χ2v) is 4.58. The summed E-state index contributed by atoms with van der Waals surface area (Å²) in [7, 11) is 0. The van der Waals surface area contributed by atoms with Crippen LogP contribution >= 0.6 is 11.6 Å². The molecule has 0 bridgehead atoms. The lowest BCUT2D eigenvalue weighted by atomic mass is 10.1. The van der Waals surface area contributed by atoms with Gasteiger partial charge in [0.05, 0.1) is 0 Å². The van der Waals surface area contributed by atoms with E-state index in [4.69, 9.17) is 16.0 Å². The highest BCUT2D eigenvalue weighted by Crippen LogP contribution is 2.26. The largest absolute Gasteiger partial charge is 0.507 e. The van der Waals surface area contributed by atoms with Crippen molar-refractivity contribution in [1.29, 1.82) is 0 Å². The van der Waals surface area contributed by atoms with E-state index in [2.05, 4.69) is 0 Å². The summed E-state index contributed by atoms with van der Waals surface area (Å²) < 4.78 is 5.24. The van der Waals surface area contributed by atoms with Crippen molar-refractivity contribution in [2.45, 2.75) is 0 Å². The number of phenolic OH excluding ortho intramolecular Hbond substituents is 1. The molecule has 3 aromatic rings. The van der Waals surface area contributed by atoms with Gasteiger partial charge in [-0.3, -0.25) is 0 Å². The average molecular weight is 273 g/mol. The Morgan fingerprint density at radius 3 is 2.53 bits per heavy atom. The number of hydrogen-bond donors (Lipinski definition) is 1. The Kier molecular flexibility index (Phi) is 2.76. The Labute approximate surface area is 113 Å². The van der Waals surface area contributed by atoms with Crippen LogP contribution in [0.15, 0.2) is 57.7 Å². The van der Waals surface area contributed by atoms with Gasteiger partial charge < -0.3 is 9.52 Å². The molecule has 2 aromatic carbocycles. The molecule has 3 rings (SSSR count). The van der Waals surface area contributed by atoms with Gasteiger partial charge in [0.1, 0.15) is 16.9 Å². The van der Waals surface area contributed by atoms with Crippen LogP contribution in [-0.4, -0.2) is 5.11 Å². The van der Waals surface area contributed by atoms with Gasteiger partial charge in [-0.05, 0) is 41.8 Å². The normalized spacial score (nSPS) is 10.8. The molecule has 0 aliphatic rings. The van der Waals surface area contributed by atoms with Crippen molar-refractivity contribution >= 4 is 22.4 Å². The second-order valence-electron chi connectivity index (χ2n) is 4.15. The highest BCUT2D eigenvalue weighted by Gasteiger charge is 2.09. The molecule has 94 valence electrons. The lowest BCUT2D eigenvalue weighted by Gasteiger charge is -2.03. The molecule has 0 atom stereocenters. The van der Waals surface area contributed by atoms with Crippen LogP contribution in [0.3, 0.4) is 0 Å². The molecule has 1 heterocycles. The van der Waals surface area contributed by atoms with E-state index in [-0.39, 0.29) is 11.1 Å². The third-order valence-electron chi connectivity index (χ3n) is 2.90. The Hall–Kier alpha value is -2.26. The summed E-state index contributed by atoms with van der Waals surface area (Å²) >= 11 is 5.82. The van der Waals surface area contributed by atoms with Gasteiger partial charge in [-0.2, -0.15) is 0 Å². The summed E-state index contributed by atoms with van der Waals surface area (Å²) in [6, 6.07) is 13.6. The molecule has 3 nitrogen and oxygen atoms in total. The van der Waals surface area contributed by atoms with Crippen LogP contribution < -0.4 is 5.63 Å². The van der Waals surface area contributed by atoms with Crippen LogP contribution in [0.5, 0.6) is 5.75 Å². The molecule has 1 aromatic heterocycles. The first-order valence-corrected chi connectivity index (χ1v) is 6.05. The predicted molar refractivity (Wildman–Crippen MR) is 74.6 cm³/mol. The molecule has 0 saturated carbocycles. The molecule has 1 N–H and O–H groups in total. The van der Waals surface area contributed by atoms with E-state index in [1.165, 1.54) is 6.07 Å². The zero-order chi connectivity index (χ0) is 13.4. The standard InChI is InChI=1S/C15H9ClO3/c16-11-6-4-9(5-7-11)13-8-10-2-1-3-12(17)14(10)15(18)19-13/h1-8,17H. The van der Waals surface area contributed by atoms with Gasteiger partial charge in [0.25, 0.3) is 0 Å². The molecular formula is C15H9ClO3. The van der Waals surface area contributed by atoms with E-state index in [1.54, 1.807) is 42.5 Å². The molecule has 19 heavy (non-hydrogen) atoms. The van der Waals surface area contributed by atoms with Gasteiger partial charge in [-0.15, -0.1) is 0 Å². The van der Waals surface area contributed by atoms with Gasteiger partial charge in [-0.25, -0.2) is 4.79 Å².